The number of nitrogen functional groups attached to an aromatic ring is 1. The molecule has 0 spiro atoms. The van der Waals surface area contributed by atoms with E-state index in [9.17, 15) is 13.2 Å². The number of halogens is 4. The minimum atomic E-state index is -4.76. The van der Waals surface area contributed by atoms with Crippen molar-refractivity contribution in [2.45, 2.75) is 24.6 Å². The Bertz CT molecular complexity index is 1440. The van der Waals surface area contributed by atoms with Crippen LogP contribution in [0.2, 0.25) is 5.15 Å². The number of fused-ring (bicyclic) bond motifs is 1. The van der Waals surface area contributed by atoms with Crippen molar-refractivity contribution < 1.29 is 22.6 Å². The zero-order valence-corrected chi connectivity index (χ0v) is 20.5. The zero-order valence-electron chi connectivity index (χ0n) is 19.8. The van der Waals surface area contributed by atoms with E-state index in [2.05, 4.69) is 25.0 Å². The highest BCUT2D eigenvalue weighted by Crippen LogP contribution is 2.50. The molecule has 12 heteroatoms. The van der Waals surface area contributed by atoms with Crippen molar-refractivity contribution in [3.63, 3.8) is 0 Å². The van der Waals surface area contributed by atoms with Crippen LogP contribution in [0.4, 0.5) is 24.9 Å². The van der Waals surface area contributed by atoms with Crippen molar-refractivity contribution >= 4 is 23.4 Å². The normalized spacial score (nSPS) is 16.9. The molecule has 1 aliphatic carbocycles. The molecule has 0 aliphatic heterocycles. The van der Waals surface area contributed by atoms with Crippen LogP contribution >= 0.6 is 11.6 Å². The summed E-state index contributed by atoms with van der Waals surface area (Å²) in [6, 6.07) is 11.6. The number of hydrogen-bond donors (Lipinski definition) is 2. The molecule has 0 radical (unpaired) electrons. The summed E-state index contributed by atoms with van der Waals surface area (Å²) in [6.45, 7) is 0. The quantitative estimate of drug-likeness (QED) is 0.339. The highest BCUT2D eigenvalue weighted by molar-refractivity contribution is 6.29. The van der Waals surface area contributed by atoms with Gasteiger partial charge in [-0.2, -0.15) is 4.98 Å². The summed E-state index contributed by atoms with van der Waals surface area (Å²) in [7, 11) is 3.27. The number of nitrogens with one attached hydrogen (secondary N) is 1. The Kier molecular flexibility index (Phi) is 6.32. The van der Waals surface area contributed by atoms with Crippen molar-refractivity contribution in [3.8, 4) is 17.2 Å². The van der Waals surface area contributed by atoms with E-state index in [-0.39, 0.29) is 17.6 Å². The molecule has 0 fully saturated rings. The van der Waals surface area contributed by atoms with E-state index in [0.717, 1.165) is 28.1 Å². The topological polar surface area (TPSA) is 100 Å². The summed E-state index contributed by atoms with van der Waals surface area (Å²) < 4.78 is 49.3. The van der Waals surface area contributed by atoms with Gasteiger partial charge in [0, 0.05) is 30.6 Å². The number of alkyl halides is 3. The number of imidazole rings is 1. The minimum Gasteiger partial charge on any atom is -0.495 e. The van der Waals surface area contributed by atoms with E-state index in [1.807, 2.05) is 18.2 Å². The van der Waals surface area contributed by atoms with Crippen LogP contribution in [0.15, 0.2) is 55.0 Å². The molecule has 192 valence electrons. The monoisotopic (exact) mass is 530 g/mol. The van der Waals surface area contributed by atoms with Gasteiger partial charge >= 0.3 is 6.36 Å². The van der Waals surface area contributed by atoms with Gasteiger partial charge in [-0.3, -0.25) is 0 Å². The van der Waals surface area contributed by atoms with Crippen LogP contribution in [0.3, 0.4) is 0 Å². The van der Waals surface area contributed by atoms with Gasteiger partial charge in [0.25, 0.3) is 0 Å². The van der Waals surface area contributed by atoms with Gasteiger partial charge in [0.05, 0.1) is 18.5 Å². The Hall–Kier alpha value is -3.99. The molecule has 1 aliphatic rings. The maximum Gasteiger partial charge on any atom is 0.573 e. The van der Waals surface area contributed by atoms with Crippen LogP contribution in [-0.2, 0) is 0 Å². The highest BCUT2D eigenvalue weighted by atomic mass is 35.5. The molecule has 2 heterocycles. The Labute approximate surface area is 215 Å². The first kappa shape index (κ1) is 24.7. The number of hydrogen-bond acceptors (Lipinski definition) is 7. The largest absolute Gasteiger partial charge is 0.573 e. The molecule has 2 aromatic carbocycles. The van der Waals surface area contributed by atoms with Crippen molar-refractivity contribution in [1.29, 1.82) is 0 Å². The van der Waals surface area contributed by atoms with Gasteiger partial charge in [-0.1, -0.05) is 29.8 Å². The predicted molar refractivity (Wildman–Crippen MR) is 133 cm³/mol. The Balaban J connectivity index is 1.55. The minimum absolute atomic E-state index is 0.175. The van der Waals surface area contributed by atoms with E-state index in [0.29, 0.717) is 29.1 Å². The lowest BCUT2D eigenvalue weighted by atomic mass is 9.90. The fraction of sp³-hybridized carbons (Fsp3) is 0.240. The summed E-state index contributed by atoms with van der Waals surface area (Å²) >= 11 is 5.99. The molecular weight excluding hydrogens is 509 g/mol. The van der Waals surface area contributed by atoms with E-state index < -0.39 is 6.36 Å². The SMILES string of the molecule is CNc1nc(N)c2c(n1)C(c1ccc(OC(F)(F)F)cc1)CC2c1ccc(-n2cnc(Cl)c2)c(OC)c1. The zero-order chi connectivity index (χ0) is 26.3. The fourth-order valence-electron chi connectivity index (χ4n) is 4.76. The second-order valence-corrected chi connectivity index (χ2v) is 8.86. The van der Waals surface area contributed by atoms with E-state index in [1.54, 1.807) is 43.4 Å². The van der Waals surface area contributed by atoms with Gasteiger partial charge in [-0.15, -0.1) is 13.2 Å². The second-order valence-electron chi connectivity index (χ2n) is 8.47. The Morgan fingerprint density at radius 1 is 1.08 bits per heavy atom. The third-order valence-corrected chi connectivity index (χ3v) is 6.52. The summed E-state index contributed by atoms with van der Waals surface area (Å²) in [6.07, 6.45) is -0.904. The van der Waals surface area contributed by atoms with Crippen molar-refractivity contribution in [2.75, 3.05) is 25.2 Å². The average Bonchev–Trinajstić information content (AvgIpc) is 3.47. The number of anilines is 2. The van der Waals surface area contributed by atoms with E-state index >= 15 is 0 Å². The van der Waals surface area contributed by atoms with Crippen LogP contribution in [0.5, 0.6) is 11.5 Å². The van der Waals surface area contributed by atoms with Gasteiger partial charge in [-0.25, -0.2) is 9.97 Å². The lowest BCUT2D eigenvalue weighted by Gasteiger charge is -2.17. The fourth-order valence-corrected chi connectivity index (χ4v) is 4.91. The molecule has 2 aromatic heterocycles. The molecule has 2 unspecified atom stereocenters. The van der Waals surface area contributed by atoms with Gasteiger partial charge in [0.15, 0.2) is 0 Å². The maximum absolute atomic E-state index is 12.6. The molecule has 4 aromatic rings. The van der Waals surface area contributed by atoms with Crippen LogP contribution in [-0.4, -0.2) is 40.0 Å². The van der Waals surface area contributed by atoms with Crippen LogP contribution < -0.4 is 20.5 Å². The highest BCUT2D eigenvalue weighted by Gasteiger charge is 2.38. The van der Waals surface area contributed by atoms with Crippen molar-refractivity contribution in [2.24, 2.45) is 0 Å². The smallest absolute Gasteiger partial charge is 0.495 e. The number of benzene rings is 2. The maximum atomic E-state index is 12.6. The second kappa shape index (κ2) is 9.47. The number of nitrogens with two attached hydrogens (primary N) is 1. The van der Waals surface area contributed by atoms with Crippen LogP contribution in [0.25, 0.3) is 5.69 Å². The number of aromatic nitrogens is 4. The third-order valence-electron chi connectivity index (χ3n) is 6.33. The van der Waals surface area contributed by atoms with Gasteiger partial charge in [0.2, 0.25) is 5.95 Å². The average molecular weight is 531 g/mol. The lowest BCUT2D eigenvalue weighted by Crippen LogP contribution is -2.17. The van der Waals surface area contributed by atoms with E-state index in [4.69, 9.17) is 22.1 Å². The molecule has 0 amide bonds. The lowest BCUT2D eigenvalue weighted by molar-refractivity contribution is -0.274. The number of methoxy groups -OCH3 is 1. The first-order chi connectivity index (χ1) is 17.7. The van der Waals surface area contributed by atoms with Gasteiger partial charge in [-0.05, 0) is 41.8 Å². The molecule has 8 nitrogen and oxygen atoms in total. The van der Waals surface area contributed by atoms with Gasteiger partial charge in [0.1, 0.15) is 28.8 Å². The van der Waals surface area contributed by atoms with E-state index in [1.165, 1.54) is 12.1 Å². The van der Waals surface area contributed by atoms with Crippen molar-refractivity contribution in [3.05, 3.63) is 82.5 Å². The number of rotatable bonds is 6. The third kappa shape index (κ3) is 4.86. The molecule has 37 heavy (non-hydrogen) atoms. The number of ether oxygens (including phenoxy) is 2. The summed E-state index contributed by atoms with van der Waals surface area (Å²) in [5.74, 6) is 0.620. The molecule has 0 bridgehead atoms. The van der Waals surface area contributed by atoms with Crippen LogP contribution in [0.1, 0.15) is 40.6 Å². The summed E-state index contributed by atoms with van der Waals surface area (Å²) in [5, 5.41) is 3.28. The molecule has 5 rings (SSSR count). The first-order valence-corrected chi connectivity index (χ1v) is 11.6. The number of nitrogens with zero attached hydrogens (tertiary/aromatic N) is 4. The summed E-state index contributed by atoms with van der Waals surface area (Å²) in [5.41, 5.74) is 10.4. The Morgan fingerprint density at radius 2 is 1.81 bits per heavy atom. The van der Waals surface area contributed by atoms with Crippen molar-refractivity contribution in [1.82, 2.24) is 19.5 Å². The predicted octanol–water partition coefficient (Wildman–Crippen LogP) is 5.51. The first-order valence-electron chi connectivity index (χ1n) is 11.3. The molecule has 2 atom stereocenters. The molecule has 0 saturated heterocycles. The molecular formula is C25H22ClF3N6O2. The standard InChI is InChI=1S/C25H22ClF3N6O2/c1-31-24-33-22-17(13-3-6-15(7-4-13)37-25(27,28)29)10-16(21(22)23(30)34-24)14-5-8-18(19(9-14)36-2)35-11-20(26)32-12-35/h3-9,11-12,16-17H,10H2,1-2H3,(H3,30,31,33,34). The Morgan fingerprint density at radius 3 is 2.43 bits per heavy atom. The summed E-state index contributed by atoms with van der Waals surface area (Å²) in [4.78, 5) is 13.1. The van der Waals surface area contributed by atoms with Crippen LogP contribution in [0, 0.1) is 0 Å². The molecule has 0 saturated carbocycles. The van der Waals surface area contributed by atoms with Gasteiger partial charge < -0.3 is 25.1 Å². The molecule has 3 N–H and O–H groups in total.